The fraction of sp³-hybridized carbons (Fsp3) is 0.182. The number of rotatable bonds is 4. The number of nitrogen functional groups attached to an aromatic ring is 1. The molecular formula is C22H21N5O2. The van der Waals surface area contributed by atoms with Crippen LogP contribution in [0, 0.1) is 5.41 Å². The molecule has 0 spiro atoms. The predicted molar refractivity (Wildman–Crippen MR) is 111 cm³/mol. The molecule has 1 saturated carbocycles. The van der Waals surface area contributed by atoms with E-state index in [1.807, 2.05) is 24.3 Å². The molecule has 0 unspecified atom stereocenters. The van der Waals surface area contributed by atoms with Crippen LogP contribution < -0.4 is 11.1 Å². The van der Waals surface area contributed by atoms with Gasteiger partial charge in [0, 0.05) is 23.5 Å². The predicted octanol–water partition coefficient (Wildman–Crippen LogP) is 3.26. The molecule has 0 saturated heterocycles. The first-order valence-electron chi connectivity index (χ1n) is 9.36. The molecule has 0 radical (unpaired) electrons. The first kappa shape index (κ1) is 18.6. The lowest BCUT2D eigenvalue weighted by molar-refractivity contribution is 0.0971. The Labute approximate surface area is 168 Å². The number of carbonyl (C=O) groups is 1. The molecule has 7 heteroatoms. The second kappa shape index (κ2) is 7.35. The molecule has 29 heavy (non-hydrogen) atoms. The van der Waals surface area contributed by atoms with Crippen molar-refractivity contribution in [3.63, 3.8) is 0 Å². The number of anilines is 1. The molecule has 1 amide bonds. The summed E-state index contributed by atoms with van der Waals surface area (Å²) in [5, 5.41) is 20.9. The second-order valence-corrected chi connectivity index (χ2v) is 7.22. The molecule has 1 aromatic heterocycles. The number of nitrogens with zero attached hydrogens (tertiary/aromatic N) is 2. The molecule has 3 aromatic rings. The molecule has 5 N–H and O–H groups in total. The summed E-state index contributed by atoms with van der Waals surface area (Å²) in [4.78, 5) is 20.5. The Morgan fingerprint density at radius 1 is 1.07 bits per heavy atom. The minimum absolute atomic E-state index is 0.0183. The van der Waals surface area contributed by atoms with Crippen LogP contribution in [0.1, 0.15) is 35.2 Å². The summed E-state index contributed by atoms with van der Waals surface area (Å²) in [6.07, 6.45) is 5.95. The van der Waals surface area contributed by atoms with E-state index in [9.17, 15) is 9.90 Å². The first-order valence-corrected chi connectivity index (χ1v) is 9.36. The highest BCUT2D eigenvalue weighted by molar-refractivity contribution is 6.09. The molecule has 146 valence electrons. The summed E-state index contributed by atoms with van der Waals surface area (Å²) in [6.45, 7) is 0. The Bertz CT molecular complexity index is 1060. The summed E-state index contributed by atoms with van der Waals surface area (Å²) in [5.41, 5.74) is 8.17. The molecule has 1 aliphatic rings. The van der Waals surface area contributed by atoms with Crippen LogP contribution >= 0.6 is 0 Å². The van der Waals surface area contributed by atoms with Gasteiger partial charge in [-0.15, -0.1) is 0 Å². The zero-order chi connectivity index (χ0) is 20.4. The maximum absolute atomic E-state index is 12.5. The van der Waals surface area contributed by atoms with Gasteiger partial charge in [-0.05, 0) is 42.2 Å². The van der Waals surface area contributed by atoms with Crippen LogP contribution in [0.2, 0.25) is 0 Å². The Hall–Kier alpha value is -3.74. The van der Waals surface area contributed by atoms with Gasteiger partial charge in [0.2, 0.25) is 5.95 Å². The highest BCUT2D eigenvalue weighted by atomic mass is 16.3. The van der Waals surface area contributed by atoms with E-state index in [1.54, 1.807) is 24.5 Å². The fourth-order valence-electron chi connectivity index (χ4n) is 3.63. The zero-order valence-electron chi connectivity index (χ0n) is 15.7. The number of nitrogens with one attached hydrogen (secondary N) is 2. The number of phenols is 1. The number of hydrogen-bond acceptors (Lipinski definition) is 6. The lowest BCUT2D eigenvalue weighted by Gasteiger charge is -2.42. The number of carbonyl (C=O) groups excluding carboxylic acids is 1. The Kier molecular flexibility index (Phi) is 4.72. The molecule has 0 atom stereocenters. The van der Waals surface area contributed by atoms with Crippen molar-refractivity contribution in [2.75, 3.05) is 5.73 Å². The Morgan fingerprint density at radius 2 is 1.76 bits per heavy atom. The topological polar surface area (TPSA) is 125 Å². The smallest absolute Gasteiger partial charge is 0.256 e. The molecule has 1 fully saturated rings. The molecule has 1 aliphatic carbocycles. The molecule has 0 bridgehead atoms. The summed E-state index contributed by atoms with van der Waals surface area (Å²) >= 11 is 0. The van der Waals surface area contributed by atoms with Crippen molar-refractivity contribution in [2.45, 2.75) is 24.7 Å². The van der Waals surface area contributed by atoms with Crippen molar-refractivity contribution >= 4 is 17.7 Å². The SMILES string of the molecule is N=C(NC(=O)c1cccc(O)c1)C1(c2ccc(-c3cnc(N)nc3)cc2)CCC1. The highest BCUT2D eigenvalue weighted by Crippen LogP contribution is 2.44. The van der Waals surface area contributed by atoms with E-state index in [2.05, 4.69) is 15.3 Å². The number of hydrogen-bond donors (Lipinski definition) is 4. The minimum atomic E-state index is -0.497. The van der Waals surface area contributed by atoms with Gasteiger partial charge >= 0.3 is 0 Å². The standard InChI is InChI=1S/C22H21N5O2/c23-20(27-19(29)15-3-1-4-18(28)11-15)22(9-2-10-22)17-7-5-14(6-8-17)16-12-25-21(24)26-13-16/h1,3-8,11-13,28H,2,9-10H2,(H2,23,27,29)(H2,24,25,26). The van der Waals surface area contributed by atoms with Crippen molar-refractivity contribution in [2.24, 2.45) is 0 Å². The van der Waals surface area contributed by atoms with Gasteiger partial charge in [-0.2, -0.15) is 0 Å². The van der Waals surface area contributed by atoms with Crippen LogP contribution in [0.3, 0.4) is 0 Å². The number of phenolic OH excluding ortho intramolecular Hbond substituents is 1. The normalized spacial score (nSPS) is 14.6. The summed E-state index contributed by atoms with van der Waals surface area (Å²) in [5.74, 6) is 0.0352. The van der Waals surface area contributed by atoms with E-state index >= 15 is 0 Å². The summed E-state index contributed by atoms with van der Waals surface area (Å²) in [7, 11) is 0. The van der Waals surface area contributed by atoms with Gasteiger partial charge in [-0.25, -0.2) is 9.97 Å². The van der Waals surface area contributed by atoms with Gasteiger partial charge < -0.3 is 16.2 Å². The number of amides is 1. The van der Waals surface area contributed by atoms with Gasteiger partial charge in [0.25, 0.3) is 5.91 Å². The summed E-state index contributed by atoms with van der Waals surface area (Å²) < 4.78 is 0. The van der Waals surface area contributed by atoms with Crippen LogP contribution in [0.25, 0.3) is 11.1 Å². The molecule has 0 aliphatic heterocycles. The fourth-order valence-corrected chi connectivity index (χ4v) is 3.63. The Balaban J connectivity index is 1.54. The lowest BCUT2D eigenvalue weighted by atomic mass is 9.63. The molecule has 7 nitrogen and oxygen atoms in total. The van der Waals surface area contributed by atoms with E-state index in [-0.39, 0.29) is 17.5 Å². The largest absolute Gasteiger partial charge is 0.508 e. The van der Waals surface area contributed by atoms with E-state index in [0.717, 1.165) is 36.0 Å². The number of amidine groups is 1. The average Bonchev–Trinajstić information content (AvgIpc) is 2.68. The van der Waals surface area contributed by atoms with Gasteiger partial charge in [0.15, 0.2) is 0 Å². The van der Waals surface area contributed by atoms with Crippen molar-refractivity contribution in [1.82, 2.24) is 15.3 Å². The molecule has 2 aromatic carbocycles. The van der Waals surface area contributed by atoms with E-state index in [4.69, 9.17) is 11.1 Å². The van der Waals surface area contributed by atoms with Crippen LogP contribution in [0.15, 0.2) is 60.9 Å². The number of nitrogens with two attached hydrogens (primary N) is 1. The Morgan fingerprint density at radius 3 is 2.34 bits per heavy atom. The number of aromatic nitrogens is 2. The summed E-state index contributed by atoms with van der Waals surface area (Å²) in [6, 6.07) is 14.0. The monoisotopic (exact) mass is 387 g/mol. The third-order valence-electron chi connectivity index (χ3n) is 5.48. The van der Waals surface area contributed by atoms with Crippen LogP contribution in [0.4, 0.5) is 5.95 Å². The van der Waals surface area contributed by atoms with Gasteiger partial charge in [0.1, 0.15) is 11.6 Å². The first-order chi connectivity index (χ1) is 14.0. The second-order valence-electron chi connectivity index (χ2n) is 7.22. The highest BCUT2D eigenvalue weighted by Gasteiger charge is 2.43. The number of aromatic hydroxyl groups is 1. The zero-order valence-corrected chi connectivity index (χ0v) is 15.7. The van der Waals surface area contributed by atoms with E-state index < -0.39 is 11.3 Å². The van der Waals surface area contributed by atoms with Crippen molar-refractivity contribution in [1.29, 1.82) is 5.41 Å². The lowest BCUT2D eigenvalue weighted by Crippen LogP contribution is -2.50. The van der Waals surface area contributed by atoms with Crippen molar-refractivity contribution in [3.8, 4) is 16.9 Å². The quantitative estimate of drug-likeness (QED) is 0.404. The van der Waals surface area contributed by atoms with Crippen molar-refractivity contribution < 1.29 is 9.90 Å². The molecular weight excluding hydrogens is 366 g/mol. The van der Waals surface area contributed by atoms with Crippen LogP contribution in [0.5, 0.6) is 5.75 Å². The van der Waals surface area contributed by atoms with Gasteiger partial charge in [0.05, 0.1) is 5.41 Å². The maximum Gasteiger partial charge on any atom is 0.256 e. The minimum Gasteiger partial charge on any atom is -0.508 e. The van der Waals surface area contributed by atoms with E-state index in [0.29, 0.717) is 5.56 Å². The molecule has 1 heterocycles. The third-order valence-corrected chi connectivity index (χ3v) is 5.48. The van der Waals surface area contributed by atoms with Crippen LogP contribution in [-0.4, -0.2) is 26.8 Å². The van der Waals surface area contributed by atoms with E-state index in [1.165, 1.54) is 12.1 Å². The van der Waals surface area contributed by atoms with Gasteiger partial charge in [-0.3, -0.25) is 10.2 Å². The molecule has 4 rings (SSSR count). The van der Waals surface area contributed by atoms with Gasteiger partial charge in [-0.1, -0.05) is 36.8 Å². The third kappa shape index (κ3) is 3.54. The van der Waals surface area contributed by atoms with Crippen molar-refractivity contribution in [3.05, 3.63) is 72.1 Å². The maximum atomic E-state index is 12.5. The number of benzene rings is 2. The van der Waals surface area contributed by atoms with Crippen LogP contribution in [-0.2, 0) is 5.41 Å². The average molecular weight is 387 g/mol.